The van der Waals surface area contributed by atoms with Gasteiger partial charge in [-0.3, -0.25) is 24.2 Å². The van der Waals surface area contributed by atoms with Gasteiger partial charge in [-0.05, 0) is 11.6 Å². The highest BCUT2D eigenvalue weighted by molar-refractivity contribution is 6.38. The van der Waals surface area contributed by atoms with Gasteiger partial charge in [0.1, 0.15) is 17.4 Å². The smallest absolute Gasteiger partial charge is 0.287 e. The van der Waals surface area contributed by atoms with E-state index in [2.05, 4.69) is 20.6 Å². The first-order valence-corrected chi connectivity index (χ1v) is 9.59. The zero-order valence-electron chi connectivity index (χ0n) is 16.7. The quantitative estimate of drug-likeness (QED) is 0.391. The van der Waals surface area contributed by atoms with Gasteiger partial charge in [0, 0.05) is 25.1 Å². The fourth-order valence-corrected chi connectivity index (χ4v) is 3.44. The summed E-state index contributed by atoms with van der Waals surface area (Å²) in [6.07, 6.45) is 1.68. The number of ketones is 1. The van der Waals surface area contributed by atoms with Crippen molar-refractivity contribution in [2.75, 3.05) is 0 Å². The van der Waals surface area contributed by atoms with Gasteiger partial charge in [0.05, 0.1) is 11.1 Å². The normalized spacial score (nSPS) is 11.9. The van der Waals surface area contributed by atoms with E-state index in [9.17, 15) is 14.4 Å². The Labute approximate surface area is 177 Å². The van der Waals surface area contributed by atoms with Gasteiger partial charge in [-0.2, -0.15) is 10.2 Å². The Hall–Kier alpha value is -4.27. The number of aromatic amines is 1. The van der Waals surface area contributed by atoms with Crippen LogP contribution in [0.4, 0.5) is 0 Å². The summed E-state index contributed by atoms with van der Waals surface area (Å²) in [5, 5.41) is 15.1. The highest BCUT2D eigenvalue weighted by Crippen LogP contribution is 2.27. The number of nitrogens with zero attached hydrogens (tertiary/aromatic N) is 3. The van der Waals surface area contributed by atoms with Gasteiger partial charge >= 0.3 is 0 Å². The number of aromatic nitrogens is 4. The van der Waals surface area contributed by atoms with Crippen molar-refractivity contribution in [1.82, 2.24) is 25.3 Å². The topological polar surface area (TPSA) is 136 Å². The third kappa shape index (κ3) is 4.06. The number of nitrogens with two attached hydrogens (primary N) is 1. The first-order chi connectivity index (χ1) is 14.9. The molecule has 31 heavy (non-hydrogen) atoms. The summed E-state index contributed by atoms with van der Waals surface area (Å²) >= 11 is 0. The predicted octanol–water partition coefficient (Wildman–Crippen LogP) is 1.36. The van der Waals surface area contributed by atoms with E-state index in [1.807, 2.05) is 42.5 Å². The maximum atomic E-state index is 13.1. The van der Waals surface area contributed by atoms with Crippen molar-refractivity contribution in [1.29, 1.82) is 0 Å². The van der Waals surface area contributed by atoms with E-state index in [0.717, 1.165) is 16.5 Å². The van der Waals surface area contributed by atoms with Crippen LogP contribution >= 0.6 is 0 Å². The number of aryl methyl sites for hydroxylation is 1. The average molecular weight is 416 g/mol. The van der Waals surface area contributed by atoms with Crippen molar-refractivity contribution in [3.8, 4) is 11.4 Å². The number of Topliss-reactive ketones (excluding diaryl/α,β-unsaturated/α-hetero) is 1. The van der Waals surface area contributed by atoms with Crippen molar-refractivity contribution < 1.29 is 14.4 Å². The molecule has 0 aliphatic rings. The Morgan fingerprint density at radius 2 is 1.77 bits per heavy atom. The molecule has 1 unspecified atom stereocenters. The van der Waals surface area contributed by atoms with E-state index in [1.54, 1.807) is 25.4 Å². The number of para-hydroxylation sites is 1. The van der Waals surface area contributed by atoms with Crippen LogP contribution < -0.4 is 11.1 Å². The highest BCUT2D eigenvalue weighted by Gasteiger charge is 2.28. The number of H-pyrrole nitrogens is 1. The van der Waals surface area contributed by atoms with Crippen molar-refractivity contribution in [3.63, 3.8) is 0 Å². The van der Waals surface area contributed by atoms with E-state index in [4.69, 9.17) is 5.73 Å². The molecule has 2 amide bonds. The number of carbonyl (C=O) groups excluding carboxylic acids is 3. The van der Waals surface area contributed by atoms with Crippen LogP contribution in [0, 0.1) is 0 Å². The van der Waals surface area contributed by atoms with Gasteiger partial charge in [-0.25, -0.2) is 0 Å². The maximum Gasteiger partial charge on any atom is 0.287 e. The molecule has 1 atom stereocenters. The summed E-state index contributed by atoms with van der Waals surface area (Å²) in [6.45, 7) is 0. The molecule has 2 heterocycles. The fourth-order valence-electron chi connectivity index (χ4n) is 3.44. The van der Waals surface area contributed by atoms with Crippen LogP contribution in [0.1, 0.15) is 15.9 Å². The Bertz CT molecular complexity index is 1270. The number of benzene rings is 2. The number of primary amides is 1. The molecule has 0 spiro atoms. The molecule has 0 aliphatic heterocycles. The Balaban J connectivity index is 1.67. The van der Waals surface area contributed by atoms with Gasteiger partial charge in [-0.15, -0.1) is 0 Å². The molecule has 0 saturated heterocycles. The number of rotatable bonds is 7. The minimum atomic E-state index is -1.11. The molecule has 0 saturated carbocycles. The third-order valence-corrected chi connectivity index (χ3v) is 4.92. The molecular weight excluding hydrogens is 396 g/mol. The second kappa shape index (κ2) is 8.23. The summed E-state index contributed by atoms with van der Waals surface area (Å²) in [5.41, 5.74) is 7.91. The molecular formula is C22H20N6O3. The minimum absolute atomic E-state index is 0.134. The summed E-state index contributed by atoms with van der Waals surface area (Å²) in [7, 11) is 1.69. The van der Waals surface area contributed by atoms with Crippen molar-refractivity contribution in [2.45, 2.75) is 12.5 Å². The van der Waals surface area contributed by atoms with Crippen molar-refractivity contribution in [2.24, 2.45) is 12.8 Å². The van der Waals surface area contributed by atoms with E-state index < -0.39 is 23.6 Å². The lowest BCUT2D eigenvalue weighted by molar-refractivity contribution is -0.137. The van der Waals surface area contributed by atoms with Gasteiger partial charge in [0.25, 0.3) is 11.8 Å². The summed E-state index contributed by atoms with van der Waals surface area (Å²) in [4.78, 5) is 37.1. The van der Waals surface area contributed by atoms with Crippen LogP contribution in [-0.4, -0.2) is 43.6 Å². The molecule has 2 aromatic carbocycles. The second-order valence-electron chi connectivity index (χ2n) is 7.13. The Kier molecular flexibility index (Phi) is 5.31. The molecule has 0 bridgehead atoms. The minimum Gasteiger partial charge on any atom is -0.363 e. The molecule has 156 valence electrons. The summed E-state index contributed by atoms with van der Waals surface area (Å²) < 4.78 is 1.50. The van der Waals surface area contributed by atoms with Gasteiger partial charge in [-0.1, -0.05) is 48.5 Å². The van der Waals surface area contributed by atoms with Crippen LogP contribution in [0.5, 0.6) is 0 Å². The van der Waals surface area contributed by atoms with Crippen molar-refractivity contribution >= 4 is 28.5 Å². The lowest BCUT2D eigenvalue weighted by Crippen LogP contribution is -2.47. The molecule has 4 rings (SSSR count). The van der Waals surface area contributed by atoms with Gasteiger partial charge in [0.15, 0.2) is 0 Å². The summed E-state index contributed by atoms with van der Waals surface area (Å²) in [6, 6.07) is 15.5. The maximum absolute atomic E-state index is 13.1. The molecule has 4 aromatic rings. The third-order valence-electron chi connectivity index (χ3n) is 4.92. The molecule has 9 heteroatoms. The standard InChI is InChI=1S/C22H20N6O3/c1-28-12-15(19(27-28)18-14-9-5-6-10-16(14)25-26-18)22(31)24-17(20(29)21(23)30)11-13-7-3-2-4-8-13/h2-10,12,17H,11H2,1H3,(H2,23,30)(H,24,31)(H,25,26). The van der Waals surface area contributed by atoms with Crippen LogP contribution in [0.25, 0.3) is 22.3 Å². The number of nitrogens with one attached hydrogen (secondary N) is 2. The molecule has 2 aromatic heterocycles. The van der Waals surface area contributed by atoms with Crippen LogP contribution in [0.15, 0.2) is 60.8 Å². The number of fused-ring (bicyclic) bond motifs is 1. The molecule has 0 radical (unpaired) electrons. The highest BCUT2D eigenvalue weighted by atomic mass is 16.2. The zero-order chi connectivity index (χ0) is 22.0. The number of hydrogen-bond donors (Lipinski definition) is 3. The molecule has 0 aliphatic carbocycles. The second-order valence-corrected chi connectivity index (χ2v) is 7.13. The average Bonchev–Trinajstić information content (AvgIpc) is 3.36. The first-order valence-electron chi connectivity index (χ1n) is 9.59. The number of amides is 2. The summed E-state index contributed by atoms with van der Waals surface area (Å²) in [5.74, 6) is -2.52. The van der Waals surface area contributed by atoms with Gasteiger partial charge in [0.2, 0.25) is 5.78 Å². The molecule has 0 fully saturated rings. The van der Waals surface area contributed by atoms with Crippen LogP contribution in [-0.2, 0) is 23.1 Å². The molecule has 4 N–H and O–H groups in total. The zero-order valence-corrected chi connectivity index (χ0v) is 16.7. The van der Waals surface area contributed by atoms with Crippen LogP contribution in [0.3, 0.4) is 0 Å². The first kappa shape index (κ1) is 20.0. The van der Waals surface area contributed by atoms with E-state index in [-0.39, 0.29) is 12.0 Å². The SMILES string of the molecule is Cn1cc(C(=O)NC(Cc2ccccc2)C(=O)C(N)=O)c(-c2n[nH]c3ccccc23)n1. The largest absolute Gasteiger partial charge is 0.363 e. The predicted molar refractivity (Wildman–Crippen MR) is 114 cm³/mol. The monoisotopic (exact) mass is 416 g/mol. The molecule has 9 nitrogen and oxygen atoms in total. The van der Waals surface area contributed by atoms with Crippen molar-refractivity contribution in [3.05, 3.63) is 71.9 Å². The number of hydrogen-bond acceptors (Lipinski definition) is 5. The lowest BCUT2D eigenvalue weighted by Gasteiger charge is -2.16. The van der Waals surface area contributed by atoms with Crippen LogP contribution in [0.2, 0.25) is 0 Å². The Morgan fingerprint density at radius 1 is 1.06 bits per heavy atom. The van der Waals surface area contributed by atoms with E-state index in [1.165, 1.54) is 4.68 Å². The Morgan fingerprint density at radius 3 is 2.52 bits per heavy atom. The lowest BCUT2D eigenvalue weighted by atomic mass is 10.0. The number of carbonyl (C=O) groups is 3. The van der Waals surface area contributed by atoms with Gasteiger partial charge < -0.3 is 11.1 Å². The fraction of sp³-hybridized carbons (Fsp3) is 0.136. The van der Waals surface area contributed by atoms with E-state index in [0.29, 0.717) is 11.4 Å². The van der Waals surface area contributed by atoms with E-state index >= 15 is 0 Å².